The first-order valence-corrected chi connectivity index (χ1v) is 6.36. The molecule has 0 aliphatic rings. The molecule has 104 valence electrons. The molecule has 6 heteroatoms. The van der Waals surface area contributed by atoms with Crippen molar-refractivity contribution in [2.75, 3.05) is 0 Å². The lowest BCUT2D eigenvalue weighted by Gasteiger charge is -2.10. The van der Waals surface area contributed by atoms with Gasteiger partial charge in [-0.2, -0.15) is 0 Å². The molecule has 0 heterocycles. The molecule has 2 aromatic rings. The summed E-state index contributed by atoms with van der Waals surface area (Å²) in [5, 5.41) is 8.96. The molecule has 2 rings (SSSR count). The third-order valence-electron chi connectivity index (χ3n) is 2.57. The largest absolute Gasteiger partial charge is 0.488 e. The van der Waals surface area contributed by atoms with Crippen LogP contribution in [0.3, 0.4) is 0 Å². The van der Waals surface area contributed by atoms with Crippen LogP contribution in [0.2, 0.25) is 0 Å². The molecule has 0 unspecified atom stereocenters. The molecule has 1 N–H and O–H groups in total. The summed E-state index contributed by atoms with van der Waals surface area (Å²) in [5.41, 5.74) is 0.0673. The van der Waals surface area contributed by atoms with Gasteiger partial charge in [0.1, 0.15) is 29.6 Å². The maximum atomic E-state index is 13.6. The van der Waals surface area contributed by atoms with Crippen LogP contribution >= 0.6 is 15.9 Å². The summed E-state index contributed by atoms with van der Waals surface area (Å²) >= 11 is 3.12. The SMILES string of the molecule is O=C(O)c1ccc(F)cc1OCc1ccc(Br)cc1F. The van der Waals surface area contributed by atoms with Gasteiger partial charge < -0.3 is 9.84 Å². The summed E-state index contributed by atoms with van der Waals surface area (Å²) in [6.07, 6.45) is 0. The number of aromatic carboxylic acids is 1. The normalized spacial score (nSPS) is 10.3. The third kappa shape index (κ3) is 3.33. The summed E-state index contributed by atoms with van der Waals surface area (Å²) in [6.45, 7) is -0.192. The van der Waals surface area contributed by atoms with Gasteiger partial charge in [-0.3, -0.25) is 0 Å². The zero-order valence-corrected chi connectivity index (χ0v) is 11.7. The Morgan fingerprint density at radius 1 is 1.20 bits per heavy atom. The van der Waals surface area contributed by atoms with Crippen LogP contribution in [-0.2, 0) is 6.61 Å². The van der Waals surface area contributed by atoms with Crippen molar-refractivity contribution in [3.8, 4) is 5.75 Å². The first-order chi connectivity index (χ1) is 9.47. The predicted molar refractivity (Wildman–Crippen MR) is 71.8 cm³/mol. The molecule has 0 saturated carbocycles. The molecule has 0 bridgehead atoms. The monoisotopic (exact) mass is 342 g/mol. The van der Waals surface area contributed by atoms with Crippen molar-refractivity contribution in [2.24, 2.45) is 0 Å². The minimum atomic E-state index is -1.24. The van der Waals surface area contributed by atoms with E-state index in [2.05, 4.69) is 15.9 Å². The first kappa shape index (κ1) is 14.5. The van der Waals surface area contributed by atoms with Crippen LogP contribution in [0.4, 0.5) is 8.78 Å². The average molecular weight is 343 g/mol. The minimum Gasteiger partial charge on any atom is -0.488 e. The molecule has 0 amide bonds. The Morgan fingerprint density at radius 3 is 2.60 bits per heavy atom. The van der Waals surface area contributed by atoms with Crippen molar-refractivity contribution in [3.63, 3.8) is 0 Å². The first-order valence-electron chi connectivity index (χ1n) is 5.57. The van der Waals surface area contributed by atoms with Crippen molar-refractivity contribution in [2.45, 2.75) is 6.61 Å². The Bertz CT molecular complexity index is 659. The standard InChI is InChI=1S/C14H9BrF2O3/c15-9-2-1-8(12(17)5-9)7-20-13-6-10(16)3-4-11(13)14(18)19/h1-6H,7H2,(H,18,19). The molecule has 20 heavy (non-hydrogen) atoms. The van der Waals surface area contributed by atoms with Crippen molar-refractivity contribution in [1.29, 1.82) is 0 Å². The number of ether oxygens (including phenoxy) is 1. The maximum absolute atomic E-state index is 13.6. The van der Waals surface area contributed by atoms with Gasteiger partial charge in [0.2, 0.25) is 0 Å². The molecular weight excluding hydrogens is 334 g/mol. The number of benzene rings is 2. The molecular formula is C14H9BrF2O3. The van der Waals surface area contributed by atoms with E-state index in [1.807, 2.05) is 0 Å². The molecule has 0 atom stereocenters. The summed E-state index contributed by atoms with van der Waals surface area (Å²) in [6, 6.07) is 7.48. The Hall–Kier alpha value is -1.95. The number of carbonyl (C=O) groups is 1. The summed E-state index contributed by atoms with van der Waals surface area (Å²) in [5.74, 6) is -2.50. The molecule has 0 aliphatic heterocycles. The van der Waals surface area contributed by atoms with E-state index in [1.165, 1.54) is 12.1 Å². The number of carboxylic acid groups (broad SMARTS) is 1. The van der Waals surface area contributed by atoms with Gasteiger partial charge in [0.05, 0.1) is 0 Å². The quantitative estimate of drug-likeness (QED) is 0.913. The fourth-order valence-corrected chi connectivity index (χ4v) is 1.92. The van der Waals surface area contributed by atoms with Crippen molar-refractivity contribution in [1.82, 2.24) is 0 Å². The minimum absolute atomic E-state index is 0.139. The van der Waals surface area contributed by atoms with Gasteiger partial charge in [-0.1, -0.05) is 22.0 Å². The maximum Gasteiger partial charge on any atom is 0.339 e. The van der Waals surface area contributed by atoms with Crippen molar-refractivity contribution < 1.29 is 23.4 Å². The van der Waals surface area contributed by atoms with Gasteiger partial charge in [-0.15, -0.1) is 0 Å². The summed E-state index contributed by atoms with van der Waals surface area (Å²) in [4.78, 5) is 11.0. The average Bonchev–Trinajstić information content (AvgIpc) is 2.37. The van der Waals surface area contributed by atoms with Gasteiger partial charge in [-0.05, 0) is 24.3 Å². The zero-order valence-electron chi connectivity index (χ0n) is 10.1. The highest BCUT2D eigenvalue weighted by Gasteiger charge is 2.13. The van der Waals surface area contributed by atoms with E-state index in [4.69, 9.17) is 9.84 Å². The molecule has 2 aromatic carbocycles. The lowest BCUT2D eigenvalue weighted by Crippen LogP contribution is -2.05. The van der Waals surface area contributed by atoms with E-state index in [1.54, 1.807) is 6.07 Å². The van der Waals surface area contributed by atoms with Crippen LogP contribution in [-0.4, -0.2) is 11.1 Å². The summed E-state index contributed by atoms with van der Waals surface area (Å²) in [7, 11) is 0. The number of halogens is 3. The molecule has 0 spiro atoms. The van der Waals surface area contributed by atoms with Crippen molar-refractivity contribution >= 4 is 21.9 Å². The number of hydrogen-bond acceptors (Lipinski definition) is 2. The van der Waals surface area contributed by atoms with Gasteiger partial charge >= 0.3 is 5.97 Å². The van der Waals surface area contributed by atoms with E-state index in [0.29, 0.717) is 4.47 Å². The van der Waals surface area contributed by atoms with Gasteiger partial charge in [0.15, 0.2) is 0 Å². The molecule has 3 nitrogen and oxygen atoms in total. The third-order valence-corrected chi connectivity index (χ3v) is 3.07. The molecule has 0 fully saturated rings. The fourth-order valence-electron chi connectivity index (χ4n) is 1.59. The van der Waals surface area contributed by atoms with Crippen molar-refractivity contribution in [3.05, 3.63) is 63.6 Å². The van der Waals surface area contributed by atoms with Crippen LogP contribution in [0, 0.1) is 11.6 Å². The molecule has 0 radical (unpaired) electrons. The Balaban J connectivity index is 2.22. The van der Waals surface area contributed by atoms with Gasteiger partial charge in [-0.25, -0.2) is 13.6 Å². The topological polar surface area (TPSA) is 46.5 Å². The highest BCUT2D eigenvalue weighted by atomic mass is 79.9. The number of rotatable bonds is 4. The smallest absolute Gasteiger partial charge is 0.339 e. The number of carboxylic acids is 1. The second-order valence-electron chi connectivity index (χ2n) is 3.97. The van der Waals surface area contributed by atoms with Crippen LogP contribution in [0.5, 0.6) is 5.75 Å². The van der Waals surface area contributed by atoms with Crippen LogP contribution in [0.15, 0.2) is 40.9 Å². The lowest BCUT2D eigenvalue weighted by atomic mass is 10.2. The van der Waals surface area contributed by atoms with Gasteiger partial charge in [0.25, 0.3) is 0 Å². The number of hydrogen-bond donors (Lipinski definition) is 1. The lowest BCUT2D eigenvalue weighted by molar-refractivity contribution is 0.0691. The van der Waals surface area contributed by atoms with E-state index in [9.17, 15) is 13.6 Å². The van der Waals surface area contributed by atoms with Crippen LogP contribution in [0.25, 0.3) is 0 Å². The summed E-state index contributed by atoms with van der Waals surface area (Å²) < 4.78 is 32.5. The molecule has 0 saturated heterocycles. The van der Waals surface area contributed by atoms with Gasteiger partial charge in [0, 0.05) is 16.1 Å². The Morgan fingerprint density at radius 2 is 1.95 bits per heavy atom. The predicted octanol–water partition coefficient (Wildman–Crippen LogP) is 4.00. The molecule has 0 aliphatic carbocycles. The fraction of sp³-hybridized carbons (Fsp3) is 0.0714. The zero-order chi connectivity index (χ0) is 14.7. The van der Waals surface area contributed by atoms with Crippen LogP contribution < -0.4 is 4.74 Å². The van der Waals surface area contributed by atoms with E-state index in [0.717, 1.165) is 18.2 Å². The van der Waals surface area contributed by atoms with Crippen LogP contribution in [0.1, 0.15) is 15.9 Å². The second kappa shape index (κ2) is 6.00. The van der Waals surface area contributed by atoms with E-state index < -0.39 is 17.6 Å². The second-order valence-corrected chi connectivity index (χ2v) is 4.89. The Labute approximate surface area is 121 Å². The molecule has 0 aromatic heterocycles. The van der Waals surface area contributed by atoms with E-state index >= 15 is 0 Å². The van der Waals surface area contributed by atoms with E-state index in [-0.39, 0.29) is 23.5 Å². The Kier molecular flexibility index (Phi) is 4.34. The highest BCUT2D eigenvalue weighted by molar-refractivity contribution is 9.10. The highest BCUT2D eigenvalue weighted by Crippen LogP contribution is 2.22.